The lowest BCUT2D eigenvalue weighted by molar-refractivity contribution is -1.01. The van der Waals surface area contributed by atoms with Crippen molar-refractivity contribution in [2.24, 2.45) is 5.92 Å². The molecule has 1 saturated heterocycles. The van der Waals surface area contributed by atoms with E-state index in [1.165, 1.54) is 14.7 Å². The highest BCUT2D eigenvalue weighted by Crippen LogP contribution is 2.40. The van der Waals surface area contributed by atoms with Crippen LogP contribution in [0.25, 0.3) is 0 Å². The molecule has 0 bridgehead atoms. The fourth-order valence-corrected chi connectivity index (χ4v) is 5.61. The number of carbonyl (C=O) groups excluding carboxylic acids is 2. The minimum absolute atomic E-state index is 0.0437. The average molecular weight is 412 g/mol. The highest BCUT2D eigenvalue weighted by Gasteiger charge is 2.30. The van der Waals surface area contributed by atoms with Crippen molar-refractivity contribution in [1.82, 2.24) is 0 Å². The van der Waals surface area contributed by atoms with Crippen LogP contribution in [0.4, 0.5) is 5.00 Å². The molecule has 7 nitrogen and oxygen atoms in total. The van der Waals surface area contributed by atoms with E-state index < -0.39 is 0 Å². The SMILES string of the molecule is CCOC(=O)c1c(NC(=O)C[NH+]2CC[NH+](CCO)CC2)sc2c1CC[C@@H](C)C2. The van der Waals surface area contributed by atoms with Gasteiger partial charge in [-0.05, 0) is 37.7 Å². The van der Waals surface area contributed by atoms with Crippen molar-refractivity contribution in [3.63, 3.8) is 0 Å². The van der Waals surface area contributed by atoms with Crippen LogP contribution in [0.15, 0.2) is 0 Å². The van der Waals surface area contributed by atoms with E-state index >= 15 is 0 Å². The van der Waals surface area contributed by atoms with E-state index in [1.54, 1.807) is 18.3 Å². The van der Waals surface area contributed by atoms with Crippen LogP contribution in [0.5, 0.6) is 0 Å². The van der Waals surface area contributed by atoms with Gasteiger partial charge in [-0.15, -0.1) is 11.3 Å². The third-order valence-electron chi connectivity index (χ3n) is 5.78. The monoisotopic (exact) mass is 411 g/mol. The Morgan fingerprint density at radius 2 is 1.96 bits per heavy atom. The number of esters is 1. The summed E-state index contributed by atoms with van der Waals surface area (Å²) in [5.74, 6) is 0.239. The van der Waals surface area contributed by atoms with Crippen LogP contribution in [0.2, 0.25) is 0 Å². The lowest BCUT2D eigenvalue weighted by Gasteiger charge is -2.28. The van der Waals surface area contributed by atoms with E-state index in [-0.39, 0.29) is 18.5 Å². The second kappa shape index (κ2) is 9.82. The lowest BCUT2D eigenvalue weighted by atomic mass is 9.88. The molecule has 156 valence electrons. The van der Waals surface area contributed by atoms with Gasteiger partial charge in [0, 0.05) is 4.88 Å². The van der Waals surface area contributed by atoms with Crippen molar-refractivity contribution in [3.05, 3.63) is 16.0 Å². The second-order valence-electron chi connectivity index (χ2n) is 7.97. The molecule has 0 unspecified atom stereocenters. The Bertz CT molecular complexity index is 698. The first-order valence-electron chi connectivity index (χ1n) is 10.4. The Balaban J connectivity index is 1.66. The molecular formula is C20H33N3O4S+2. The molecule has 4 N–H and O–H groups in total. The summed E-state index contributed by atoms with van der Waals surface area (Å²) in [7, 11) is 0. The Morgan fingerprint density at radius 1 is 1.25 bits per heavy atom. The van der Waals surface area contributed by atoms with Crippen molar-refractivity contribution in [1.29, 1.82) is 0 Å². The van der Waals surface area contributed by atoms with Gasteiger partial charge in [0.2, 0.25) is 0 Å². The van der Waals surface area contributed by atoms with Crippen molar-refractivity contribution in [2.75, 3.05) is 57.8 Å². The number of ether oxygens (including phenoxy) is 1. The number of rotatable bonds is 7. The predicted molar refractivity (Wildman–Crippen MR) is 108 cm³/mol. The van der Waals surface area contributed by atoms with Gasteiger partial charge in [0.15, 0.2) is 6.54 Å². The maximum absolute atomic E-state index is 12.7. The maximum atomic E-state index is 12.7. The molecule has 1 aromatic heterocycles. The van der Waals surface area contributed by atoms with E-state index in [2.05, 4.69) is 12.2 Å². The van der Waals surface area contributed by atoms with Gasteiger partial charge < -0.3 is 25.0 Å². The van der Waals surface area contributed by atoms with Crippen molar-refractivity contribution in [2.45, 2.75) is 33.1 Å². The van der Waals surface area contributed by atoms with Crippen LogP contribution < -0.4 is 15.1 Å². The fraction of sp³-hybridized carbons (Fsp3) is 0.700. The average Bonchev–Trinajstić information content (AvgIpc) is 3.00. The number of thiophene rings is 1. The normalized spacial score (nSPS) is 24.5. The van der Waals surface area contributed by atoms with Gasteiger partial charge in [-0.3, -0.25) is 4.79 Å². The Hall–Kier alpha value is -1.48. The maximum Gasteiger partial charge on any atom is 0.341 e. The molecule has 2 aliphatic rings. The molecule has 0 radical (unpaired) electrons. The van der Waals surface area contributed by atoms with Gasteiger partial charge in [0.25, 0.3) is 5.91 Å². The number of nitrogens with one attached hydrogen (secondary N) is 3. The van der Waals surface area contributed by atoms with E-state index in [0.29, 0.717) is 29.6 Å². The molecule has 8 heteroatoms. The molecule has 3 rings (SSSR count). The largest absolute Gasteiger partial charge is 0.462 e. The van der Waals surface area contributed by atoms with Crippen LogP contribution in [-0.4, -0.2) is 69.5 Å². The number of aliphatic hydroxyl groups excluding tert-OH is 1. The van der Waals surface area contributed by atoms with E-state index in [9.17, 15) is 9.59 Å². The molecule has 1 atom stereocenters. The number of anilines is 1. The molecule has 1 amide bonds. The summed E-state index contributed by atoms with van der Waals surface area (Å²) in [5, 5.41) is 12.7. The molecule has 1 aliphatic carbocycles. The highest BCUT2D eigenvalue weighted by molar-refractivity contribution is 7.17. The smallest absolute Gasteiger partial charge is 0.341 e. The summed E-state index contributed by atoms with van der Waals surface area (Å²) >= 11 is 1.54. The zero-order valence-corrected chi connectivity index (χ0v) is 17.8. The van der Waals surface area contributed by atoms with E-state index in [0.717, 1.165) is 57.5 Å². The molecule has 1 aromatic rings. The molecule has 1 aliphatic heterocycles. The number of hydrogen-bond donors (Lipinski definition) is 4. The number of carbonyl (C=O) groups is 2. The van der Waals surface area contributed by atoms with Gasteiger partial charge in [-0.1, -0.05) is 6.92 Å². The summed E-state index contributed by atoms with van der Waals surface area (Å²) in [6.45, 7) is 9.56. The zero-order valence-electron chi connectivity index (χ0n) is 16.9. The first-order chi connectivity index (χ1) is 13.5. The summed E-state index contributed by atoms with van der Waals surface area (Å²) in [6.07, 6.45) is 2.90. The highest BCUT2D eigenvalue weighted by atomic mass is 32.1. The lowest BCUT2D eigenvalue weighted by Crippen LogP contribution is -3.28. The minimum Gasteiger partial charge on any atom is -0.462 e. The van der Waals surface area contributed by atoms with Gasteiger partial charge in [0.05, 0.1) is 18.8 Å². The fourth-order valence-electron chi connectivity index (χ4n) is 4.20. The van der Waals surface area contributed by atoms with Crippen LogP contribution in [0.3, 0.4) is 0 Å². The van der Waals surface area contributed by atoms with Gasteiger partial charge in [-0.25, -0.2) is 4.79 Å². The number of amides is 1. The van der Waals surface area contributed by atoms with Crippen molar-refractivity contribution < 1.29 is 29.2 Å². The van der Waals surface area contributed by atoms with Crippen LogP contribution in [0, 0.1) is 5.92 Å². The van der Waals surface area contributed by atoms with E-state index in [1.807, 2.05) is 0 Å². The molecule has 0 spiro atoms. The van der Waals surface area contributed by atoms with E-state index in [4.69, 9.17) is 9.84 Å². The topological polar surface area (TPSA) is 84.5 Å². The summed E-state index contributed by atoms with van der Waals surface area (Å²) in [4.78, 5) is 29.1. The van der Waals surface area contributed by atoms with Gasteiger partial charge >= 0.3 is 5.97 Å². The molecule has 0 aromatic carbocycles. The standard InChI is InChI=1S/C20H31N3O4S/c1-3-27-20(26)18-15-5-4-14(2)12-16(15)28-19(18)21-17(25)13-23-8-6-22(7-9-23)10-11-24/h14,24H,3-13H2,1-2H3,(H,21,25)/p+2/t14-/m1/s1. The Kier molecular flexibility index (Phi) is 7.45. The van der Waals surface area contributed by atoms with Crippen molar-refractivity contribution in [3.8, 4) is 0 Å². The molecule has 1 fully saturated rings. The van der Waals surface area contributed by atoms with Gasteiger partial charge in [0.1, 0.15) is 37.7 Å². The predicted octanol–water partition coefficient (Wildman–Crippen LogP) is -1.24. The quantitative estimate of drug-likeness (QED) is 0.423. The molecular weight excluding hydrogens is 378 g/mol. The van der Waals surface area contributed by atoms with Gasteiger partial charge in [-0.2, -0.15) is 0 Å². The number of hydrogen-bond acceptors (Lipinski definition) is 5. The number of aliphatic hydroxyl groups is 1. The molecule has 0 saturated carbocycles. The summed E-state index contributed by atoms with van der Waals surface area (Å²) < 4.78 is 5.27. The number of piperazine rings is 1. The van der Waals surface area contributed by atoms with Crippen LogP contribution in [0.1, 0.15) is 41.1 Å². The first kappa shape index (κ1) is 21.2. The minimum atomic E-state index is -0.321. The van der Waals surface area contributed by atoms with Crippen LogP contribution >= 0.6 is 11.3 Å². The Morgan fingerprint density at radius 3 is 2.64 bits per heavy atom. The molecule has 28 heavy (non-hydrogen) atoms. The Labute approximate surface area is 170 Å². The van der Waals surface area contributed by atoms with Crippen molar-refractivity contribution >= 4 is 28.2 Å². The third-order valence-corrected chi connectivity index (χ3v) is 6.95. The first-order valence-corrected chi connectivity index (χ1v) is 11.2. The number of fused-ring (bicyclic) bond motifs is 1. The third kappa shape index (κ3) is 5.11. The van der Waals surface area contributed by atoms with Crippen LogP contribution in [-0.2, 0) is 22.4 Å². The molecule has 2 heterocycles. The number of quaternary nitrogens is 2. The second-order valence-corrected chi connectivity index (χ2v) is 9.08. The zero-order chi connectivity index (χ0) is 20.1. The summed E-state index contributed by atoms with van der Waals surface area (Å²) in [5.41, 5.74) is 1.65. The summed E-state index contributed by atoms with van der Waals surface area (Å²) in [6, 6.07) is 0.